The summed E-state index contributed by atoms with van der Waals surface area (Å²) in [6.45, 7) is 1.33. The van der Waals surface area contributed by atoms with Gasteiger partial charge in [-0.15, -0.1) is 12.4 Å². The van der Waals surface area contributed by atoms with Gasteiger partial charge in [0, 0.05) is 22.6 Å². The van der Waals surface area contributed by atoms with Crippen molar-refractivity contribution in [3.63, 3.8) is 0 Å². The van der Waals surface area contributed by atoms with Gasteiger partial charge in [0.2, 0.25) is 0 Å². The summed E-state index contributed by atoms with van der Waals surface area (Å²) in [5, 5.41) is 3.77. The van der Waals surface area contributed by atoms with Gasteiger partial charge in [0.05, 0.1) is 7.11 Å². The van der Waals surface area contributed by atoms with Crippen LogP contribution in [0.25, 0.3) is 0 Å². The maximum atomic E-state index is 6.20. The second kappa shape index (κ2) is 12.4. The van der Waals surface area contributed by atoms with Crippen molar-refractivity contribution >= 4 is 28.3 Å². The Labute approximate surface area is 183 Å². The molecule has 0 radical (unpaired) electrons. The smallest absolute Gasteiger partial charge is 0.166 e. The van der Waals surface area contributed by atoms with Crippen LogP contribution < -0.4 is 14.8 Å². The Morgan fingerprint density at radius 2 is 1.68 bits per heavy atom. The van der Waals surface area contributed by atoms with Gasteiger partial charge in [-0.05, 0) is 30.5 Å². The summed E-state index contributed by atoms with van der Waals surface area (Å²) in [6.07, 6.45) is 9.33. The molecule has 154 valence electrons. The Bertz CT molecular complexity index is 703. The van der Waals surface area contributed by atoms with Crippen molar-refractivity contribution in [2.75, 3.05) is 7.11 Å². The predicted molar refractivity (Wildman–Crippen MR) is 122 cm³/mol. The SMILES string of the molecule is COc1cc(Br)cc(CNC2CCCCCCC2)c1OCc1ccccc1.Cl. The van der Waals surface area contributed by atoms with Gasteiger partial charge < -0.3 is 14.8 Å². The highest BCUT2D eigenvalue weighted by Crippen LogP contribution is 2.35. The number of nitrogens with one attached hydrogen (secondary N) is 1. The lowest BCUT2D eigenvalue weighted by Crippen LogP contribution is -2.29. The van der Waals surface area contributed by atoms with Gasteiger partial charge in [-0.2, -0.15) is 0 Å². The molecule has 1 aliphatic carbocycles. The largest absolute Gasteiger partial charge is 0.493 e. The Kier molecular flexibility index (Phi) is 10.2. The van der Waals surface area contributed by atoms with E-state index in [1.807, 2.05) is 24.3 Å². The molecule has 1 aliphatic rings. The van der Waals surface area contributed by atoms with Crippen molar-refractivity contribution < 1.29 is 9.47 Å². The minimum Gasteiger partial charge on any atom is -0.493 e. The second-order valence-electron chi connectivity index (χ2n) is 7.29. The number of rotatable bonds is 7. The predicted octanol–water partition coefficient (Wildman–Crippen LogP) is 6.66. The van der Waals surface area contributed by atoms with Crippen molar-refractivity contribution in [1.29, 1.82) is 0 Å². The van der Waals surface area contributed by atoms with E-state index in [4.69, 9.17) is 9.47 Å². The second-order valence-corrected chi connectivity index (χ2v) is 8.21. The monoisotopic (exact) mass is 467 g/mol. The van der Waals surface area contributed by atoms with Crippen molar-refractivity contribution in [1.82, 2.24) is 5.32 Å². The van der Waals surface area contributed by atoms with E-state index in [1.54, 1.807) is 7.11 Å². The molecule has 3 rings (SSSR count). The lowest BCUT2D eigenvalue weighted by Gasteiger charge is -2.22. The van der Waals surface area contributed by atoms with Crippen molar-refractivity contribution in [2.45, 2.75) is 64.1 Å². The summed E-state index contributed by atoms with van der Waals surface area (Å²) in [5.74, 6) is 1.61. The van der Waals surface area contributed by atoms with Crippen LogP contribution in [0.15, 0.2) is 46.9 Å². The van der Waals surface area contributed by atoms with Gasteiger partial charge in [0.25, 0.3) is 0 Å². The van der Waals surface area contributed by atoms with Gasteiger partial charge in [-0.1, -0.05) is 78.4 Å². The molecule has 0 amide bonds. The van der Waals surface area contributed by atoms with Gasteiger partial charge in [0.15, 0.2) is 11.5 Å². The zero-order valence-corrected chi connectivity index (χ0v) is 19.0. The highest BCUT2D eigenvalue weighted by atomic mass is 79.9. The Morgan fingerprint density at radius 3 is 2.36 bits per heavy atom. The molecular weight excluding hydrogens is 438 g/mol. The Balaban J connectivity index is 0.00000280. The van der Waals surface area contributed by atoms with Crippen molar-refractivity contribution in [2.24, 2.45) is 0 Å². The molecule has 1 N–H and O–H groups in total. The van der Waals surface area contributed by atoms with Crippen molar-refractivity contribution in [3.05, 3.63) is 58.1 Å². The topological polar surface area (TPSA) is 30.5 Å². The Morgan fingerprint density at radius 1 is 1.00 bits per heavy atom. The fourth-order valence-electron chi connectivity index (χ4n) is 3.71. The molecule has 0 aliphatic heterocycles. The lowest BCUT2D eigenvalue weighted by molar-refractivity contribution is 0.279. The molecular formula is C23H31BrClNO2. The van der Waals surface area contributed by atoms with Crippen LogP contribution in [-0.4, -0.2) is 13.2 Å². The highest BCUT2D eigenvalue weighted by Gasteiger charge is 2.16. The molecule has 5 heteroatoms. The van der Waals surface area contributed by atoms with Gasteiger partial charge in [-0.3, -0.25) is 0 Å². The quantitative estimate of drug-likeness (QED) is 0.493. The fraction of sp³-hybridized carbons (Fsp3) is 0.478. The highest BCUT2D eigenvalue weighted by molar-refractivity contribution is 9.10. The van der Waals surface area contributed by atoms with Crippen LogP contribution in [0.4, 0.5) is 0 Å². The van der Waals surface area contributed by atoms with Crippen LogP contribution in [-0.2, 0) is 13.2 Å². The van der Waals surface area contributed by atoms with E-state index >= 15 is 0 Å². The number of benzene rings is 2. The van der Waals surface area contributed by atoms with Crippen molar-refractivity contribution in [3.8, 4) is 11.5 Å². The Hall–Kier alpha value is -1.23. The molecule has 0 atom stereocenters. The van der Waals surface area contributed by atoms with Gasteiger partial charge >= 0.3 is 0 Å². The first-order valence-corrected chi connectivity index (χ1v) is 10.8. The maximum Gasteiger partial charge on any atom is 0.166 e. The zero-order valence-electron chi connectivity index (χ0n) is 16.6. The third kappa shape index (κ3) is 6.98. The molecule has 2 aromatic carbocycles. The van der Waals surface area contributed by atoms with E-state index in [-0.39, 0.29) is 12.4 Å². The first kappa shape index (κ1) is 23.1. The molecule has 0 saturated heterocycles. The summed E-state index contributed by atoms with van der Waals surface area (Å²) in [5.41, 5.74) is 2.29. The minimum absolute atomic E-state index is 0. The number of hydrogen-bond acceptors (Lipinski definition) is 3. The van der Waals surface area contributed by atoms with Gasteiger partial charge in [0.1, 0.15) is 6.61 Å². The molecule has 0 heterocycles. The fourth-order valence-corrected chi connectivity index (χ4v) is 4.20. The summed E-state index contributed by atoms with van der Waals surface area (Å²) >= 11 is 3.61. The summed E-state index contributed by atoms with van der Waals surface area (Å²) in [6, 6.07) is 15.0. The van der Waals surface area contributed by atoms with E-state index in [0.29, 0.717) is 12.6 Å². The van der Waals surface area contributed by atoms with Gasteiger partial charge in [-0.25, -0.2) is 0 Å². The molecule has 0 spiro atoms. The zero-order chi connectivity index (χ0) is 18.9. The first-order chi connectivity index (χ1) is 13.3. The maximum absolute atomic E-state index is 6.20. The van der Waals surface area contributed by atoms with E-state index < -0.39 is 0 Å². The van der Waals surface area contributed by atoms with E-state index in [9.17, 15) is 0 Å². The molecule has 1 fully saturated rings. The van der Waals surface area contributed by atoms with Crippen LogP contribution in [0, 0.1) is 0 Å². The molecule has 1 saturated carbocycles. The summed E-state index contributed by atoms with van der Waals surface area (Å²) in [7, 11) is 1.70. The molecule has 2 aromatic rings. The van der Waals surface area contributed by atoms with E-state index in [2.05, 4.69) is 39.4 Å². The number of hydrogen-bond donors (Lipinski definition) is 1. The average molecular weight is 469 g/mol. The first-order valence-electron chi connectivity index (χ1n) is 10.0. The molecule has 0 unspecified atom stereocenters. The lowest BCUT2D eigenvalue weighted by atomic mass is 9.96. The van der Waals surface area contributed by atoms with Crippen LogP contribution in [0.3, 0.4) is 0 Å². The normalized spacial score (nSPS) is 15.2. The van der Waals surface area contributed by atoms with Crippen LogP contribution in [0.5, 0.6) is 11.5 Å². The van der Waals surface area contributed by atoms with E-state index in [0.717, 1.165) is 33.6 Å². The molecule has 28 heavy (non-hydrogen) atoms. The van der Waals surface area contributed by atoms with E-state index in [1.165, 1.54) is 44.9 Å². The summed E-state index contributed by atoms with van der Waals surface area (Å²) < 4.78 is 12.8. The standard InChI is InChI=1S/C23H30BrNO2.ClH/c1-26-22-15-20(24)14-19(16-25-21-12-8-3-2-4-9-13-21)23(22)27-17-18-10-6-5-7-11-18;/h5-7,10-11,14-15,21,25H,2-4,8-9,12-13,16-17H2,1H3;1H. The third-order valence-corrected chi connectivity index (χ3v) is 5.69. The number of halogens is 2. The molecule has 3 nitrogen and oxygen atoms in total. The average Bonchev–Trinajstić information content (AvgIpc) is 2.66. The number of ether oxygens (including phenoxy) is 2. The minimum atomic E-state index is 0. The number of methoxy groups -OCH3 is 1. The van der Waals surface area contributed by atoms with Crippen LogP contribution in [0.1, 0.15) is 56.1 Å². The molecule has 0 bridgehead atoms. The van der Waals surface area contributed by atoms with Crippen LogP contribution >= 0.6 is 28.3 Å². The van der Waals surface area contributed by atoms with Crippen LogP contribution in [0.2, 0.25) is 0 Å². The third-order valence-electron chi connectivity index (χ3n) is 5.23. The molecule has 0 aromatic heterocycles. The summed E-state index contributed by atoms with van der Waals surface area (Å²) in [4.78, 5) is 0.